The summed E-state index contributed by atoms with van der Waals surface area (Å²) in [6.45, 7) is 2.94. The molecule has 1 aliphatic rings. The summed E-state index contributed by atoms with van der Waals surface area (Å²) in [6, 6.07) is 9.67. The second kappa shape index (κ2) is 5.34. The Bertz CT molecular complexity index is 412. The van der Waals surface area contributed by atoms with Crippen molar-refractivity contribution in [1.82, 2.24) is 5.32 Å². The Labute approximate surface area is 95.8 Å². The van der Waals surface area contributed by atoms with Crippen LogP contribution in [0.15, 0.2) is 35.9 Å². The van der Waals surface area contributed by atoms with Crippen molar-refractivity contribution in [3.63, 3.8) is 0 Å². The molecule has 1 aliphatic heterocycles. The molecular weight excluding hydrogens is 198 g/mol. The molecule has 0 atom stereocenters. The van der Waals surface area contributed by atoms with Gasteiger partial charge in [-0.1, -0.05) is 11.6 Å². The van der Waals surface area contributed by atoms with Gasteiger partial charge in [-0.15, -0.1) is 0 Å². The molecule has 3 nitrogen and oxygen atoms in total. The molecule has 0 saturated heterocycles. The van der Waals surface area contributed by atoms with Gasteiger partial charge in [0, 0.05) is 18.8 Å². The lowest BCUT2D eigenvalue weighted by atomic mass is 10.1. The number of hydrogen-bond acceptors (Lipinski definition) is 3. The van der Waals surface area contributed by atoms with Gasteiger partial charge in [-0.25, -0.2) is 0 Å². The van der Waals surface area contributed by atoms with Crippen molar-refractivity contribution in [3.05, 3.63) is 41.5 Å². The Hall–Kier alpha value is -1.79. The van der Waals surface area contributed by atoms with Crippen molar-refractivity contribution < 1.29 is 0 Å². The predicted octanol–water partition coefficient (Wildman–Crippen LogP) is 1.89. The fourth-order valence-electron chi connectivity index (χ4n) is 1.71. The second-order valence-corrected chi connectivity index (χ2v) is 3.86. The van der Waals surface area contributed by atoms with Gasteiger partial charge < -0.3 is 10.6 Å². The monoisotopic (exact) mass is 213 g/mol. The maximum Gasteiger partial charge on any atom is 0.0991 e. The Morgan fingerprint density at radius 3 is 2.75 bits per heavy atom. The standard InChI is InChI=1S/C13H15N3/c14-9-11-1-3-13(4-2-11)16-10-12-5-7-15-8-6-12/h1-5,15-16H,6-8,10H2. The van der Waals surface area contributed by atoms with Gasteiger partial charge in [0.15, 0.2) is 0 Å². The number of benzene rings is 1. The Balaban J connectivity index is 1.89. The van der Waals surface area contributed by atoms with Crippen LogP contribution in [-0.4, -0.2) is 19.6 Å². The van der Waals surface area contributed by atoms with Crippen molar-refractivity contribution in [3.8, 4) is 6.07 Å². The van der Waals surface area contributed by atoms with Crippen LogP contribution in [0.25, 0.3) is 0 Å². The first-order valence-corrected chi connectivity index (χ1v) is 5.51. The Morgan fingerprint density at radius 1 is 1.31 bits per heavy atom. The van der Waals surface area contributed by atoms with E-state index in [1.165, 1.54) is 5.57 Å². The van der Waals surface area contributed by atoms with Gasteiger partial charge >= 0.3 is 0 Å². The molecule has 0 unspecified atom stereocenters. The van der Waals surface area contributed by atoms with Crippen LogP contribution in [0.5, 0.6) is 0 Å². The highest BCUT2D eigenvalue weighted by atomic mass is 14.9. The average molecular weight is 213 g/mol. The molecule has 0 aliphatic carbocycles. The number of anilines is 1. The molecule has 1 aromatic rings. The number of rotatable bonds is 3. The van der Waals surface area contributed by atoms with Crippen LogP contribution in [0.4, 0.5) is 5.69 Å². The third kappa shape index (κ3) is 2.85. The summed E-state index contributed by atoms with van der Waals surface area (Å²) in [5, 5.41) is 15.3. The summed E-state index contributed by atoms with van der Waals surface area (Å²) in [5.74, 6) is 0. The average Bonchev–Trinajstić information content (AvgIpc) is 2.38. The molecule has 2 N–H and O–H groups in total. The molecule has 0 aromatic heterocycles. The highest BCUT2D eigenvalue weighted by Crippen LogP contribution is 2.11. The highest BCUT2D eigenvalue weighted by Gasteiger charge is 2.02. The van der Waals surface area contributed by atoms with Crippen molar-refractivity contribution in [2.24, 2.45) is 0 Å². The van der Waals surface area contributed by atoms with E-state index in [0.717, 1.165) is 31.7 Å². The Morgan fingerprint density at radius 2 is 2.12 bits per heavy atom. The molecule has 2 rings (SSSR count). The predicted molar refractivity (Wildman–Crippen MR) is 65.2 cm³/mol. The van der Waals surface area contributed by atoms with Crippen LogP contribution in [0.3, 0.4) is 0 Å². The first-order chi connectivity index (χ1) is 7.88. The van der Waals surface area contributed by atoms with Gasteiger partial charge in [-0.2, -0.15) is 5.26 Å². The molecule has 1 heterocycles. The smallest absolute Gasteiger partial charge is 0.0991 e. The lowest BCUT2D eigenvalue weighted by molar-refractivity contribution is 0.698. The molecular formula is C13H15N3. The second-order valence-electron chi connectivity index (χ2n) is 3.86. The summed E-state index contributed by atoms with van der Waals surface area (Å²) in [4.78, 5) is 0. The first-order valence-electron chi connectivity index (χ1n) is 5.51. The van der Waals surface area contributed by atoms with E-state index < -0.39 is 0 Å². The summed E-state index contributed by atoms with van der Waals surface area (Å²) in [7, 11) is 0. The molecule has 0 spiro atoms. The minimum Gasteiger partial charge on any atom is -0.381 e. The van der Waals surface area contributed by atoms with E-state index in [1.54, 1.807) is 0 Å². The van der Waals surface area contributed by atoms with Crippen LogP contribution in [0.2, 0.25) is 0 Å². The van der Waals surface area contributed by atoms with E-state index >= 15 is 0 Å². The van der Waals surface area contributed by atoms with E-state index in [9.17, 15) is 0 Å². The van der Waals surface area contributed by atoms with E-state index in [4.69, 9.17) is 5.26 Å². The largest absolute Gasteiger partial charge is 0.381 e. The van der Waals surface area contributed by atoms with E-state index in [-0.39, 0.29) is 0 Å². The molecule has 0 fully saturated rings. The van der Waals surface area contributed by atoms with E-state index in [0.29, 0.717) is 5.56 Å². The minimum atomic E-state index is 0.701. The molecule has 0 saturated carbocycles. The van der Waals surface area contributed by atoms with Gasteiger partial charge in [0.05, 0.1) is 11.6 Å². The Kier molecular flexibility index (Phi) is 3.58. The molecule has 82 valence electrons. The van der Waals surface area contributed by atoms with Crippen LogP contribution >= 0.6 is 0 Å². The molecule has 16 heavy (non-hydrogen) atoms. The SMILES string of the molecule is N#Cc1ccc(NCC2=CCNCC2)cc1. The van der Waals surface area contributed by atoms with Gasteiger partial charge in [0.25, 0.3) is 0 Å². The van der Waals surface area contributed by atoms with E-state index in [2.05, 4.69) is 22.8 Å². The van der Waals surface area contributed by atoms with Gasteiger partial charge in [0.2, 0.25) is 0 Å². The molecule has 0 amide bonds. The highest BCUT2D eigenvalue weighted by molar-refractivity contribution is 5.48. The van der Waals surface area contributed by atoms with Crippen LogP contribution in [-0.2, 0) is 0 Å². The number of nitrogens with zero attached hydrogens (tertiary/aromatic N) is 1. The number of nitriles is 1. The van der Waals surface area contributed by atoms with Gasteiger partial charge in [-0.3, -0.25) is 0 Å². The van der Waals surface area contributed by atoms with Crippen molar-refractivity contribution in [2.75, 3.05) is 25.0 Å². The van der Waals surface area contributed by atoms with Crippen molar-refractivity contribution >= 4 is 5.69 Å². The first kappa shape index (κ1) is 10.7. The summed E-state index contributed by atoms with van der Waals surface area (Å²) < 4.78 is 0. The van der Waals surface area contributed by atoms with Gasteiger partial charge in [0.1, 0.15) is 0 Å². The minimum absolute atomic E-state index is 0.701. The number of nitrogens with one attached hydrogen (secondary N) is 2. The fraction of sp³-hybridized carbons (Fsp3) is 0.308. The normalized spacial score (nSPS) is 15.1. The van der Waals surface area contributed by atoms with Crippen LogP contribution in [0, 0.1) is 11.3 Å². The lowest BCUT2D eigenvalue weighted by Crippen LogP contribution is -2.23. The quantitative estimate of drug-likeness (QED) is 0.754. The third-order valence-electron chi connectivity index (χ3n) is 2.69. The number of hydrogen-bond donors (Lipinski definition) is 2. The maximum atomic E-state index is 8.68. The van der Waals surface area contributed by atoms with Crippen molar-refractivity contribution in [2.45, 2.75) is 6.42 Å². The zero-order valence-corrected chi connectivity index (χ0v) is 9.16. The summed E-state index contributed by atoms with van der Waals surface area (Å²) in [5.41, 5.74) is 3.22. The molecule has 3 heteroatoms. The zero-order valence-electron chi connectivity index (χ0n) is 9.16. The molecule has 0 bridgehead atoms. The third-order valence-corrected chi connectivity index (χ3v) is 2.69. The topological polar surface area (TPSA) is 47.9 Å². The maximum absolute atomic E-state index is 8.68. The van der Waals surface area contributed by atoms with Gasteiger partial charge in [-0.05, 0) is 37.2 Å². The fourth-order valence-corrected chi connectivity index (χ4v) is 1.71. The summed E-state index contributed by atoms with van der Waals surface area (Å²) >= 11 is 0. The molecule has 0 radical (unpaired) electrons. The molecule has 1 aromatic carbocycles. The van der Waals surface area contributed by atoms with Crippen LogP contribution in [0.1, 0.15) is 12.0 Å². The van der Waals surface area contributed by atoms with Crippen molar-refractivity contribution in [1.29, 1.82) is 5.26 Å². The lowest BCUT2D eigenvalue weighted by Gasteiger charge is -2.15. The zero-order chi connectivity index (χ0) is 11.2. The summed E-state index contributed by atoms with van der Waals surface area (Å²) in [6.07, 6.45) is 3.35. The van der Waals surface area contributed by atoms with E-state index in [1.807, 2.05) is 24.3 Å². The van der Waals surface area contributed by atoms with Crippen LogP contribution < -0.4 is 10.6 Å².